The molecule has 136 valence electrons. The van der Waals surface area contributed by atoms with Crippen molar-refractivity contribution >= 4 is 34.2 Å². The molecule has 0 unspecified atom stereocenters. The molecule has 3 aromatic rings. The maximum Gasteiger partial charge on any atom is 0.320 e. The van der Waals surface area contributed by atoms with Crippen molar-refractivity contribution in [2.24, 2.45) is 0 Å². The molecule has 1 aromatic carbocycles. The van der Waals surface area contributed by atoms with E-state index in [0.717, 1.165) is 18.3 Å². The van der Waals surface area contributed by atoms with Gasteiger partial charge in [-0.15, -0.1) is 0 Å². The van der Waals surface area contributed by atoms with Crippen molar-refractivity contribution in [2.75, 3.05) is 5.32 Å². The van der Waals surface area contributed by atoms with Crippen LogP contribution in [0.4, 0.5) is 18.9 Å². The molecule has 0 aliphatic heterocycles. The zero-order valence-electron chi connectivity index (χ0n) is 13.6. The van der Waals surface area contributed by atoms with Crippen LogP contribution in [0.2, 0.25) is 5.02 Å². The molecule has 0 saturated heterocycles. The number of carbonyl (C=O) groups excluding carboxylic acids is 1. The highest BCUT2D eigenvalue weighted by Gasteiger charge is 2.15. The zero-order valence-corrected chi connectivity index (χ0v) is 14.4. The summed E-state index contributed by atoms with van der Waals surface area (Å²) in [5.74, 6) is 4.35. The van der Waals surface area contributed by atoms with Gasteiger partial charge in [0.15, 0.2) is 0 Å². The van der Waals surface area contributed by atoms with E-state index in [4.69, 9.17) is 11.6 Å². The lowest BCUT2D eigenvalue weighted by Gasteiger charge is -2.04. The highest BCUT2D eigenvalue weighted by Crippen LogP contribution is 2.26. The Morgan fingerprint density at radius 2 is 2.11 bits per heavy atom. The van der Waals surface area contributed by atoms with Crippen molar-refractivity contribution in [3.05, 3.63) is 71.3 Å². The first-order chi connectivity index (χ1) is 12.9. The Hall–Kier alpha value is -3.24. The molecule has 0 radical (unpaired) electrons. The average molecular weight is 390 g/mol. The van der Waals surface area contributed by atoms with Crippen LogP contribution in [-0.2, 0) is 4.79 Å². The van der Waals surface area contributed by atoms with Gasteiger partial charge in [-0.2, -0.15) is 8.78 Å². The van der Waals surface area contributed by atoms with Gasteiger partial charge in [0.1, 0.15) is 11.5 Å². The van der Waals surface area contributed by atoms with Crippen LogP contribution in [0.3, 0.4) is 0 Å². The predicted molar refractivity (Wildman–Crippen MR) is 97.2 cm³/mol. The van der Waals surface area contributed by atoms with Crippen molar-refractivity contribution in [3.63, 3.8) is 0 Å². The smallest absolute Gasteiger partial charge is 0.320 e. The first kappa shape index (κ1) is 18.5. The Morgan fingerprint density at radius 3 is 2.78 bits per heavy atom. The lowest BCUT2D eigenvalue weighted by atomic mass is 10.1. The van der Waals surface area contributed by atoms with Crippen LogP contribution in [0.15, 0.2) is 49.3 Å². The number of rotatable bonds is 3. The molecule has 2 heterocycles. The summed E-state index contributed by atoms with van der Waals surface area (Å²) >= 11 is 5.63. The number of halogens is 4. The summed E-state index contributed by atoms with van der Waals surface area (Å²) in [4.78, 5) is 15.4. The SMILES string of the molecule is C=CC(=O)Nc1cnc2c(c1)c(C#Cc1ccc(Cl)c(F)c1)cn2C(F)F. The summed E-state index contributed by atoms with van der Waals surface area (Å²) in [5, 5.41) is 2.79. The van der Waals surface area contributed by atoms with Crippen molar-refractivity contribution in [3.8, 4) is 11.8 Å². The number of anilines is 1. The molecule has 0 aliphatic carbocycles. The largest absolute Gasteiger partial charge is 0.321 e. The number of benzene rings is 1. The minimum Gasteiger partial charge on any atom is -0.321 e. The van der Waals surface area contributed by atoms with Gasteiger partial charge in [0.2, 0.25) is 5.91 Å². The van der Waals surface area contributed by atoms with E-state index in [1.54, 1.807) is 0 Å². The summed E-state index contributed by atoms with van der Waals surface area (Å²) in [6, 6.07) is 5.50. The third kappa shape index (κ3) is 3.96. The Bertz CT molecular complexity index is 1110. The van der Waals surface area contributed by atoms with Gasteiger partial charge >= 0.3 is 6.55 Å². The highest BCUT2D eigenvalue weighted by atomic mass is 35.5. The molecule has 1 N–H and O–H groups in total. The van der Waals surface area contributed by atoms with Crippen molar-refractivity contribution in [2.45, 2.75) is 6.55 Å². The number of pyridine rings is 1. The summed E-state index contributed by atoms with van der Waals surface area (Å²) in [6.07, 6.45) is 3.49. The molecule has 27 heavy (non-hydrogen) atoms. The van der Waals surface area contributed by atoms with E-state index in [-0.39, 0.29) is 16.2 Å². The Balaban J connectivity index is 2.09. The number of nitrogens with zero attached hydrogens (tertiary/aromatic N) is 2. The maximum atomic E-state index is 13.5. The van der Waals surface area contributed by atoms with E-state index in [2.05, 4.69) is 28.7 Å². The second-order valence-corrected chi connectivity index (χ2v) is 5.80. The molecule has 0 spiro atoms. The molecule has 0 fully saturated rings. The van der Waals surface area contributed by atoms with Gasteiger partial charge in [0.25, 0.3) is 0 Å². The number of hydrogen-bond donors (Lipinski definition) is 1. The van der Waals surface area contributed by atoms with E-state index in [1.165, 1.54) is 24.4 Å². The molecule has 0 aliphatic rings. The molecule has 0 saturated carbocycles. The first-order valence-corrected chi connectivity index (χ1v) is 7.96. The minimum atomic E-state index is -2.82. The van der Waals surface area contributed by atoms with Crippen molar-refractivity contribution in [1.29, 1.82) is 0 Å². The fourth-order valence-corrected chi connectivity index (χ4v) is 2.47. The van der Waals surface area contributed by atoms with Gasteiger partial charge in [-0.05, 0) is 30.3 Å². The number of hydrogen-bond acceptors (Lipinski definition) is 2. The number of aromatic nitrogens is 2. The Morgan fingerprint density at radius 1 is 1.33 bits per heavy atom. The van der Waals surface area contributed by atoms with Crippen molar-refractivity contribution < 1.29 is 18.0 Å². The average Bonchev–Trinajstić information content (AvgIpc) is 3.01. The molecule has 1 amide bonds. The molecule has 3 rings (SSSR count). The van der Waals surface area contributed by atoms with Crippen LogP contribution in [0.1, 0.15) is 17.7 Å². The third-order valence-corrected chi connectivity index (χ3v) is 3.90. The molecule has 0 atom stereocenters. The summed E-state index contributed by atoms with van der Waals surface area (Å²) in [7, 11) is 0. The fourth-order valence-electron chi connectivity index (χ4n) is 2.35. The van der Waals surface area contributed by atoms with Crippen LogP contribution in [0.25, 0.3) is 11.0 Å². The van der Waals surface area contributed by atoms with Gasteiger partial charge < -0.3 is 5.32 Å². The molecule has 2 aromatic heterocycles. The highest BCUT2D eigenvalue weighted by molar-refractivity contribution is 6.30. The van der Waals surface area contributed by atoms with Crippen LogP contribution in [-0.4, -0.2) is 15.5 Å². The van der Waals surface area contributed by atoms with E-state index >= 15 is 0 Å². The molecular weight excluding hydrogens is 379 g/mol. The van der Waals surface area contributed by atoms with Crippen molar-refractivity contribution in [1.82, 2.24) is 9.55 Å². The quantitative estimate of drug-likeness (QED) is 0.519. The van der Waals surface area contributed by atoms with E-state index < -0.39 is 18.3 Å². The monoisotopic (exact) mass is 389 g/mol. The second-order valence-electron chi connectivity index (χ2n) is 5.40. The number of fused-ring (bicyclic) bond motifs is 1. The second kappa shape index (κ2) is 7.56. The molecule has 0 bridgehead atoms. The Kier molecular flexibility index (Phi) is 5.19. The Labute approximate surface area is 157 Å². The van der Waals surface area contributed by atoms with E-state index in [9.17, 15) is 18.0 Å². The zero-order chi connectivity index (χ0) is 19.6. The first-order valence-electron chi connectivity index (χ1n) is 7.58. The van der Waals surface area contributed by atoms with Gasteiger partial charge in [-0.3, -0.25) is 9.36 Å². The molecule has 4 nitrogen and oxygen atoms in total. The lowest BCUT2D eigenvalue weighted by Crippen LogP contribution is -2.07. The van der Waals surface area contributed by atoms with Crippen LogP contribution in [0.5, 0.6) is 0 Å². The summed E-state index contributed by atoms with van der Waals surface area (Å²) in [6.45, 7) is 0.520. The van der Waals surface area contributed by atoms with Crippen LogP contribution < -0.4 is 5.32 Å². The third-order valence-electron chi connectivity index (χ3n) is 3.59. The number of alkyl halides is 2. The maximum absolute atomic E-state index is 13.5. The van der Waals surface area contributed by atoms with Crippen LogP contribution >= 0.6 is 11.6 Å². The number of carbonyl (C=O) groups is 1. The summed E-state index contributed by atoms with van der Waals surface area (Å²) in [5.41, 5.74) is 0.898. The molecule has 8 heteroatoms. The van der Waals surface area contributed by atoms with E-state index in [0.29, 0.717) is 21.2 Å². The van der Waals surface area contributed by atoms with Crippen LogP contribution in [0, 0.1) is 17.7 Å². The number of amides is 1. The van der Waals surface area contributed by atoms with Gasteiger partial charge in [-0.1, -0.05) is 30.0 Å². The predicted octanol–water partition coefficient (Wildman–Crippen LogP) is 4.75. The standard InChI is InChI=1S/C19H11ClF3N3O/c1-2-17(27)25-13-8-14-12(10-26(19(22)23)18(14)24-9-13)5-3-11-4-6-15(20)16(21)7-11/h2,4,6-10,19H,1H2,(H,25,27). The summed E-state index contributed by atoms with van der Waals surface area (Å²) < 4.78 is 40.7. The number of nitrogens with one attached hydrogen (secondary N) is 1. The fraction of sp³-hybridized carbons (Fsp3) is 0.0526. The van der Waals surface area contributed by atoms with Gasteiger partial charge in [0.05, 0.1) is 22.5 Å². The van der Waals surface area contributed by atoms with Gasteiger partial charge in [0, 0.05) is 17.1 Å². The van der Waals surface area contributed by atoms with Gasteiger partial charge in [-0.25, -0.2) is 9.37 Å². The molecular formula is C19H11ClF3N3O. The topological polar surface area (TPSA) is 46.9 Å². The normalized spacial score (nSPS) is 10.6. The van der Waals surface area contributed by atoms with E-state index in [1.807, 2.05) is 0 Å². The lowest BCUT2D eigenvalue weighted by molar-refractivity contribution is -0.111. The minimum absolute atomic E-state index is 0.00758.